The van der Waals surface area contributed by atoms with Crippen molar-refractivity contribution in [2.45, 2.75) is 12.8 Å². The molecule has 1 aromatic rings. The molecule has 0 aromatic heterocycles. The van der Waals surface area contributed by atoms with Crippen molar-refractivity contribution in [3.63, 3.8) is 0 Å². The fourth-order valence-corrected chi connectivity index (χ4v) is 0.899. The van der Waals surface area contributed by atoms with Gasteiger partial charge in [-0.3, -0.25) is 0 Å². The molecule has 0 bridgehead atoms. The van der Waals surface area contributed by atoms with Crippen molar-refractivity contribution in [2.75, 3.05) is 6.54 Å². The number of nitrogens with one attached hydrogen (secondary N) is 1. The molecule has 0 radical (unpaired) electrons. The van der Waals surface area contributed by atoms with E-state index in [1.54, 1.807) is 0 Å². The predicted molar refractivity (Wildman–Crippen MR) is 44.0 cm³/mol. The topological polar surface area (TPSA) is 23.8 Å². The lowest BCUT2D eigenvalue weighted by atomic mass is 10.0. The van der Waals surface area contributed by atoms with Crippen LogP contribution in [0.2, 0.25) is 0 Å². The third-order valence-electron chi connectivity index (χ3n) is 1.67. The van der Waals surface area contributed by atoms with E-state index < -0.39 is 0 Å². The molecule has 0 spiro atoms. The average molecular weight is 134 g/mol. The Morgan fingerprint density at radius 1 is 1.30 bits per heavy atom. The molecule has 0 saturated carbocycles. The van der Waals surface area contributed by atoms with Crippen LogP contribution < -0.4 is 0 Å². The van der Waals surface area contributed by atoms with E-state index in [0.717, 1.165) is 0 Å². The van der Waals surface area contributed by atoms with Crippen molar-refractivity contribution in [3.8, 4) is 0 Å². The summed E-state index contributed by atoms with van der Waals surface area (Å²) in [7, 11) is 0. The van der Waals surface area contributed by atoms with Crippen LogP contribution in [0.25, 0.3) is 5.73 Å². The Labute approximate surface area is 61.9 Å². The molecule has 0 aliphatic heterocycles. The molecule has 1 aromatic carbocycles. The maximum absolute atomic E-state index is 7.15. The molecule has 1 nitrogen and oxygen atoms in total. The van der Waals surface area contributed by atoms with Crippen LogP contribution in [0.4, 0.5) is 0 Å². The van der Waals surface area contributed by atoms with Crippen molar-refractivity contribution < 1.29 is 0 Å². The molecule has 0 heterocycles. The summed E-state index contributed by atoms with van der Waals surface area (Å²) in [5.41, 5.74) is 8.41. The Morgan fingerprint density at radius 3 is 2.40 bits per heavy atom. The lowest BCUT2D eigenvalue weighted by Crippen LogP contribution is -1.93. The van der Waals surface area contributed by atoms with Crippen LogP contribution in [0.1, 0.15) is 18.4 Å². The van der Waals surface area contributed by atoms with Crippen molar-refractivity contribution in [1.82, 2.24) is 0 Å². The second-order valence-electron chi connectivity index (χ2n) is 2.52. The summed E-state index contributed by atoms with van der Waals surface area (Å²) < 4.78 is 0. The third kappa shape index (κ3) is 1.58. The monoisotopic (exact) mass is 134 g/mol. The van der Waals surface area contributed by atoms with E-state index >= 15 is 0 Å². The molecule has 1 rings (SSSR count). The Kier molecular flexibility index (Phi) is 2.46. The number of hydrogen-bond donors (Lipinski definition) is 0. The predicted octanol–water partition coefficient (Wildman–Crippen LogP) is 2.84. The molecule has 0 aliphatic rings. The Bertz CT molecular complexity index is 181. The van der Waals surface area contributed by atoms with Crippen LogP contribution in [0.15, 0.2) is 30.3 Å². The highest BCUT2D eigenvalue weighted by atomic mass is 14.5. The molecule has 10 heavy (non-hydrogen) atoms. The SMILES string of the molecule is CC(C[NH-])c1ccccc1. The van der Waals surface area contributed by atoms with Gasteiger partial charge >= 0.3 is 0 Å². The van der Waals surface area contributed by atoms with Gasteiger partial charge in [-0.15, -0.1) is 6.54 Å². The summed E-state index contributed by atoms with van der Waals surface area (Å²) in [4.78, 5) is 0. The number of hydrogen-bond acceptors (Lipinski definition) is 0. The fourth-order valence-electron chi connectivity index (χ4n) is 0.899. The molecule has 54 valence electrons. The van der Waals surface area contributed by atoms with Crippen LogP contribution in [0.5, 0.6) is 0 Å². The largest absolute Gasteiger partial charge is 0.677 e. The molecule has 1 N–H and O–H groups in total. The maximum atomic E-state index is 7.15. The molecular formula is C9H12N-. The number of benzene rings is 1. The van der Waals surface area contributed by atoms with Crippen LogP contribution in [-0.2, 0) is 0 Å². The zero-order valence-electron chi connectivity index (χ0n) is 6.17. The first-order valence-electron chi connectivity index (χ1n) is 3.54. The lowest BCUT2D eigenvalue weighted by Gasteiger charge is -2.12. The highest BCUT2D eigenvalue weighted by Crippen LogP contribution is 2.13. The van der Waals surface area contributed by atoms with E-state index in [1.165, 1.54) is 5.56 Å². The van der Waals surface area contributed by atoms with E-state index in [-0.39, 0.29) is 0 Å². The van der Waals surface area contributed by atoms with Crippen LogP contribution >= 0.6 is 0 Å². The van der Waals surface area contributed by atoms with Crippen LogP contribution in [0, 0.1) is 0 Å². The molecule has 1 heteroatoms. The molecule has 0 fully saturated rings. The molecule has 0 amide bonds. The van der Waals surface area contributed by atoms with Crippen LogP contribution in [-0.4, -0.2) is 6.54 Å². The van der Waals surface area contributed by atoms with Gasteiger partial charge in [0.15, 0.2) is 0 Å². The van der Waals surface area contributed by atoms with Gasteiger partial charge in [0.05, 0.1) is 0 Å². The minimum atomic E-state index is 0.376. The van der Waals surface area contributed by atoms with Gasteiger partial charge in [-0.2, -0.15) is 0 Å². The summed E-state index contributed by atoms with van der Waals surface area (Å²) >= 11 is 0. The average Bonchev–Trinajstić information content (AvgIpc) is 2.05. The second kappa shape index (κ2) is 3.37. The molecule has 1 unspecified atom stereocenters. The Morgan fingerprint density at radius 2 is 1.90 bits per heavy atom. The van der Waals surface area contributed by atoms with E-state index in [4.69, 9.17) is 5.73 Å². The summed E-state index contributed by atoms with van der Waals surface area (Å²) in [5.74, 6) is 0.376. The highest BCUT2D eigenvalue weighted by molar-refractivity contribution is 5.19. The molecule has 1 atom stereocenters. The van der Waals surface area contributed by atoms with E-state index in [2.05, 4.69) is 19.1 Å². The van der Waals surface area contributed by atoms with Gasteiger partial charge in [0.25, 0.3) is 0 Å². The normalized spacial score (nSPS) is 13.0. The van der Waals surface area contributed by atoms with Crippen LogP contribution in [0.3, 0.4) is 0 Å². The lowest BCUT2D eigenvalue weighted by molar-refractivity contribution is 0.838. The molecule has 0 saturated heterocycles. The highest BCUT2D eigenvalue weighted by Gasteiger charge is 1.95. The van der Waals surface area contributed by atoms with E-state index in [9.17, 15) is 0 Å². The number of rotatable bonds is 2. The van der Waals surface area contributed by atoms with Gasteiger partial charge in [-0.25, -0.2) is 0 Å². The van der Waals surface area contributed by atoms with Crippen molar-refractivity contribution >= 4 is 0 Å². The molecule has 0 aliphatic carbocycles. The van der Waals surface area contributed by atoms with Gasteiger partial charge in [-0.1, -0.05) is 37.3 Å². The third-order valence-corrected chi connectivity index (χ3v) is 1.67. The summed E-state index contributed by atoms with van der Waals surface area (Å²) in [6.45, 7) is 2.55. The zero-order valence-corrected chi connectivity index (χ0v) is 6.17. The van der Waals surface area contributed by atoms with Gasteiger partial charge in [-0.05, 0) is 11.5 Å². The zero-order chi connectivity index (χ0) is 7.40. The Hall–Kier alpha value is -0.820. The van der Waals surface area contributed by atoms with Crippen molar-refractivity contribution in [3.05, 3.63) is 41.6 Å². The first-order valence-corrected chi connectivity index (χ1v) is 3.54. The Balaban J connectivity index is 2.75. The minimum Gasteiger partial charge on any atom is -0.677 e. The molecular weight excluding hydrogens is 122 g/mol. The smallest absolute Gasteiger partial charge is 0.0381 e. The first-order chi connectivity index (χ1) is 4.84. The first kappa shape index (κ1) is 7.29. The quantitative estimate of drug-likeness (QED) is 0.594. The standard InChI is InChI=1S/C9H12N/c1-8(7-10)9-5-3-2-4-6-9/h2-6,8,10H,7H2,1H3/q-1. The summed E-state index contributed by atoms with van der Waals surface area (Å²) in [6.07, 6.45) is 0. The van der Waals surface area contributed by atoms with Crippen molar-refractivity contribution in [2.24, 2.45) is 0 Å². The summed E-state index contributed by atoms with van der Waals surface area (Å²) in [6, 6.07) is 10.2. The maximum Gasteiger partial charge on any atom is -0.0381 e. The second-order valence-corrected chi connectivity index (χ2v) is 2.52. The van der Waals surface area contributed by atoms with E-state index in [1.807, 2.05) is 18.2 Å². The van der Waals surface area contributed by atoms with Gasteiger partial charge in [0, 0.05) is 0 Å². The van der Waals surface area contributed by atoms with Gasteiger partial charge in [0.1, 0.15) is 0 Å². The van der Waals surface area contributed by atoms with Crippen molar-refractivity contribution in [1.29, 1.82) is 0 Å². The fraction of sp³-hybridized carbons (Fsp3) is 0.333. The van der Waals surface area contributed by atoms with Gasteiger partial charge in [0.2, 0.25) is 0 Å². The van der Waals surface area contributed by atoms with E-state index in [0.29, 0.717) is 12.5 Å². The minimum absolute atomic E-state index is 0.376. The summed E-state index contributed by atoms with van der Waals surface area (Å²) in [5, 5.41) is 0. The van der Waals surface area contributed by atoms with Gasteiger partial charge < -0.3 is 5.73 Å².